The van der Waals surface area contributed by atoms with Crippen molar-refractivity contribution in [1.29, 1.82) is 0 Å². The van der Waals surface area contributed by atoms with Crippen LogP contribution in [0.2, 0.25) is 0 Å². The number of benzene rings is 2. The summed E-state index contributed by atoms with van der Waals surface area (Å²) in [6.07, 6.45) is -2.94. The number of methoxy groups -OCH3 is 1. The molecule has 170 valence electrons. The van der Waals surface area contributed by atoms with Crippen molar-refractivity contribution in [1.82, 2.24) is 4.72 Å². The fourth-order valence-corrected chi connectivity index (χ4v) is 5.60. The van der Waals surface area contributed by atoms with Gasteiger partial charge in [-0.2, -0.15) is 13.1 Å². The van der Waals surface area contributed by atoms with Gasteiger partial charge < -0.3 is 9.47 Å². The van der Waals surface area contributed by atoms with Gasteiger partial charge in [0.25, 0.3) is 10.0 Å². The number of nitrogens with zero attached hydrogens (tertiary/aromatic N) is 1. The third-order valence-corrected chi connectivity index (χ3v) is 7.09. The lowest BCUT2D eigenvalue weighted by Gasteiger charge is -2.41. The quantitative estimate of drug-likeness (QED) is 0.547. The Morgan fingerprint density at radius 3 is 2.26 bits per heavy atom. The van der Waals surface area contributed by atoms with Crippen LogP contribution < -0.4 is 13.8 Å². The minimum absolute atomic E-state index is 0.0252. The molecule has 3 rings (SSSR count). The van der Waals surface area contributed by atoms with Crippen LogP contribution in [-0.2, 0) is 29.2 Å². The summed E-state index contributed by atoms with van der Waals surface area (Å²) in [4.78, 5) is -0.0252. The molecule has 2 atom stereocenters. The van der Waals surface area contributed by atoms with Crippen molar-refractivity contribution in [2.24, 2.45) is 0 Å². The molecular weight excluding hydrogens is 515 g/mol. The summed E-state index contributed by atoms with van der Waals surface area (Å²) in [6.45, 7) is -0.778. The molecule has 0 saturated heterocycles. The first kappa shape index (κ1) is 24.3. The molecule has 1 aliphatic heterocycles. The molecule has 31 heavy (non-hydrogen) atoms. The van der Waals surface area contributed by atoms with E-state index >= 15 is 0 Å². The van der Waals surface area contributed by atoms with Crippen LogP contribution in [0, 0.1) is 0 Å². The van der Waals surface area contributed by atoms with Crippen molar-refractivity contribution in [3.8, 4) is 5.75 Å². The fraction of sp³-hybridized carbons (Fsp3) is 0.294. The van der Waals surface area contributed by atoms with Crippen LogP contribution in [-0.4, -0.2) is 46.8 Å². The maximum Gasteiger partial charge on any atom is 0.339 e. The number of alkyl halides is 3. The van der Waals surface area contributed by atoms with Gasteiger partial charge in [0.2, 0.25) is 10.0 Å². The highest BCUT2D eigenvalue weighted by molar-refractivity contribution is 7.92. The van der Waals surface area contributed by atoms with Crippen molar-refractivity contribution < 1.29 is 30.5 Å². The number of sulfonamides is 1. The monoisotopic (exact) mass is 530 g/mol. The molecule has 9 nitrogen and oxygen atoms in total. The van der Waals surface area contributed by atoms with Gasteiger partial charge in [0.1, 0.15) is 12.4 Å². The number of hydrogen-bond acceptors (Lipinski definition) is 7. The van der Waals surface area contributed by atoms with Gasteiger partial charge in [-0.25, -0.2) is 12.7 Å². The van der Waals surface area contributed by atoms with E-state index in [1.54, 1.807) is 30.3 Å². The van der Waals surface area contributed by atoms with E-state index in [0.717, 1.165) is 4.31 Å². The van der Waals surface area contributed by atoms with Crippen LogP contribution in [0.3, 0.4) is 0 Å². The van der Waals surface area contributed by atoms with Crippen molar-refractivity contribution in [2.75, 3.05) is 18.0 Å². The molecule has 0 aliphatic carbocycles. The van der Waals surface area contributed by atoms with Gasteiger partial charge in [0.05, 0.1) is 10.6 Å². The molecular formula is C17H17Cl3N2O7S2. The summed E-state index contributed by atoms with van der Waals surface area (Å²) < 4.78 is 68.2. The van der Waals surface area contributed by atoms with E-state index in [1.165, 1.54) is 31.4 Å². The highest BCUT2D eigenvalue weighted by Gasteiger charge is 2.45. The first-order valence-electron chi connectivity index (χ1n) is 8.56. The topological polar surface area (TPSA) is 111 Å². The van der Waals surface area contributed by atoms with E-state index in [2.05, 4.69) is 8.91 Å². The maximum atomic E-state index is 13.4. The molecule has 1 N–H and O–H groups in total. The molecule has 1 heterocycles. The number of rotatable bonds is 7. The standard InChI is InChI=1S/C17H17Cl3N2O7S2/c1-27-16-15(21-31(25,26)28-11-17(18,19)20)29-14-10-6-5-9-13(14)22(16)30(23,24)12-7-3-2-4-8-12/h2-10,15-16,21H,11H2,1H3/t15-,16+/m1/s1. The van der Waals surface area contributed by atoms with Crippen molar-refractivity contribution in [3.63, 3.8) is 0 Å². The van der Waals surface area contributed by atoms with E-state index in [4.69, 9.17) is 44.3 Å². The summed E-state index contributed by atoms with van der Waals surface area (Å²) >= 11 is 16.6. The first-order chi connectivity index (χ1) is 14.4. The molecule has 0 bridgehead atoms. The van der Waals surface area contributed by atoms with Crippen LogP contribution in [0.15, 0.2) is 59.5 Å². The molecule has 1 aliphatic rings. The predicted molar refractivity (Wildman–Crippen MR) is 116 cm³/mol. The third kappa shape index (κ3) is 5.74. The predicted octanol–water partition coefficient (Wildman–Crippen LogP) is 2.79. The smallest absolute Gasteiger partial charge is 0.339 e. The average molecular weight is 532 g/mol. The molecule has 2 aromatic carbocycles. The zero-order chi connectivity index (χ0) is 22.9. The zero-order valence-corrected chi connectivity index (χ0v) is 19.7. The number of fused-ring (bicyclic) bond motifs is 1. The Hall–Kier alpha value is -1.31. The van der Waals surface area contributed by atoms with Gasteiger partial charge in [0, 0.05) is 7.11 Å². The van der Waals surface area contributed by atoms with Crippen LogP contribution in [0.25, 0.3) is 0 Å². The molecule has 0 aromatic heterocycles. The highest BCUT2D eigenvalue weighted by Crippen LogP contribution is 2.39. The number of nitrogens with one attached hydrogen (secondary N) is 1. The van der Waals surface area contributed by atoms with Gasteiger partial charge in [0.15, 0.2) is 6.23 Å². The highest BCUT2D eigenvalue weighted by atomic mass is 35.6. The Morgan fingerprint density at radius 1 is 1.03 bits per heavy atom. The first-order valence-corrected chi connectivity index (χ1v) is 12.5. The summed E-state index contributed by atoms with van der Waals surface area (Å²) in [7, 11) is -7.49. The fourth-order valence-electron chi connectivity index (χ4n) is 2.79. The second-order valence-corrected chi connectivity index (χ2v) is 11.9. The lowest BCUT2D eigenvalue weighted by molar-refractivity contribution is -0.00631. The van der Waals surface area contributed by atoms with Crippen molar-refractivity contribution in [3.05, 3.63) is 54.6 Å². The largest absolute Gasteiger partial charge is 0.467 e. The molecule has 0 saturated carbocycles. The number of hydrogen-bond donors (Lipinski definition) is 1. The van der Waals surface area contributed by atoms with Gasteiger partial charge in [-0.3, -0.25) is 4.18 Å². The minimum atomic E-state index is -4.52. The normalized spacial score (nSPS) is 19.5. The third-order valence-electron chi connectivity index (χ3n) is 4.03. The molecule has 0 radical (unpaired) electrons. The van der Waals surface area contributed by atoms with E-state index in [0.29, 0.717) is 0 Å². The SMILES string of the molecule is CO[C@H]1[C@H](NS(=O)(=O)OCC(Cl)(Cl)Cl)Oc2ccccc2N1S(=O)(=O)c1ccccc1. The Bertz CT molecular complexity index is 1130. The van der Waals surface area contributed by atoms with E-state index < -0.39 is 43.2 Å². The summed E-state index contributed by atoms with van der Waals surface area (Å²) in [5, 5.41) is 0. The molecule has 0 amide bonds. The summed E-state index contributed by atoms with van der Waals surface area (Å²) in [5.74, 6) is 0.101. The lowest BCUT2D eigenvalue weighted by atomic mass is 10.2. The van der Waals surface area contributed by atoms with Crippen LogP contribution in [0.1, 0.15) is 0 Å². The molecule has 2 aromatic rings. The average Bonchev–Trinajstić information content (AvgIpc) is 2.71. The Balaban J connectivity index is 2.01. The second-order valence-electron chi connectivity index (χ2n) is 6.20. The van der Waals surface area contributed by atoms with E-state index in [1.807, 2.05) is 0 Å². The zero-order valence-electron chi connectivity index (χ0n) is 15.8. The number of halogens is 3. The Morgan fingerprint density at radius 2 is 1.65 bits per heavy atom. The van der Waals surface area contributed by atoms with Crippen LogP contribution in [0.4, 0.5) is 5.69 Å². The number of para-hydroxylation sites is 2. The van der Waals surface area contributed by atoms with Gasteiger partial charge in [-0.1, -0.05) is 65.1 Å². The molecule has 0 unspecified atom stereocenters. The maximum absolute atomic E-state index is 13.4. The summed E-state index contributed by atoms with van der Waals surface area (Å²) in [6, 6.07) is 13.8. The number of anilines is 1. The second kappa shape index (κ2) is 9.28. The van der Waals surface area contributed by atoms with Gasteiger partial charge in [-0.05, 0) is 24.3 Å². The van der Waals surface area contributed by atoms with Crippen LogP contribution >= 0.6 is 34.8 Å². The minimum Gasteiger partial charge on any atom is -0.467 e. The lowest BCUT2D eigenvalue weighted by Crippen LogP contribution is -2.59. The number of ether oxygens (including phenoxy) is 2. The summed E-state index contributed by atoms with van der Waals surface area (Å²) in [5.41, 5.74) is 0.163. The van der Waals surface area contributed by atoms with Crippen molar-refractivity contribution in [2.45, 2.75) is 21.1 Å². The van der Waals surface area contributed by atoms with Crippen molar-refractivity contribution >= 4 is 60.8 Å². The molecule has 14 heteroatoms. The molecule has 0 spiro atoms. The van der Waals surface area contributed by atoms with Gasteiger partial charge in [-0.15, -0.1) is 0 Å². The molecule has 0 fully saturated rings. The Kier molecular flexibility index (Phi) is 7.28. The van der Waals surface area contributed by atoms with E-state index in [-0.39, 0.29) is 16.3 Å². The van der Waals surface area contributed by atoms with Crippen LogP contribution in [0.5, 0.6) is 5.75 Å². The van der Waals surface area contributed by atoms with Gasteiger partial charge >= 0.3 is 10.3 Å². The van der Waals surface area contributed by atoms with E-state index in [9.17, 15) is 16.8 Å². The Labute approximate surface area is 195 Å².